The summed E-state index contributed by atoms with van der Waals surface area (Å²) in [5, 5.41) is 8.61. The van der Waals surface area contributed by atoms with Crippen LogP contribution in [0.3, 0.4) is 0 Å². The number of benzene rings is 1. The number of aromatic nitrogens is 6. The van der Waals surface area contributed by atoms with Gasteiger partial charge >= 0.3 is 0 Å². The molecule has 1 atom stereocenters. The van der Waals surface area contributed by atoms with E-state index >= 15 is 0 Å². The van der Waals surface area contributed by atoms with Crippen LogP contribution in [0.2, 0.25) is 0 Å². The minimum Gasteiger partial charge on any atom is -0.495 e. The van der Waals surface area contributed by atoms with Gasteiger partial charge in [-0.1, -0.05) is 93.9 Å². The number of para-hydroxylation sites is 1. The lowest BCUT2D eigenvalue weighted by atomic mass is 9.97. The standard InChI is InChI=1S/C18H20N4O.C9H13FN2.C3H8.2C2H6/c1-5-14-9-7-10-15(19-14)18-21-20-13(3)22(18)17-12(2)8-6-11-16(17)23-4;1-6(2)7(3)9-11-4-8(10)5-12-9;1-3-2;2*1-2/h6-11H,5H2,1-4H3;4-7H,1-3H3;3H2,1-2H3;2*1-2H3/t;7-;;;/m.0.../s1. The molecule has 0 amide bonds. The van der Waals surface area contributed by atoms with E-state index in [0.717, 1.165) is 46.5 Å². The van der Waals surface area contributed by atoms with Gasteiger partial charge in [0.05, 0.1) is 25.2 Å². The van der Waals surface area contributed by atoms with Gasteiger partial charge in [-0.15, -0.1) is 10.2 Å². The minimum atomic E-state index is -0.380. The molecule has 4 rings (SSSR count). The van der Waals surface area contributed by atoms with Crippen molar-refractivity contribution < 1.29 is 9.13 Å². The Morgan fingerprint density at radius 2 is 1.43 bits per heavy atom. The summed E-state index contributed by atoms with van der Waals surface area (Å²) < 4.78 is 20.0. The molecule has 3 aromatic heterocycles. The normalized spacial score (nSPS) is 10.5. The maximum atomic E-state index is 12.4. The number of ether oxygens (including phenoxy) is 1. The SMILES string of the molecule is CC.CC.CC(C)[C@H](C)c1ncc(F)cn1.CCC.CCc1cccc(-c2nnc(C)n2-c2c(C)cccc2OC)n1. The summed E-state index contributed by atoms with van der Waals surface area (Å²) in [5.41, 5.74) is 3.90. The monoisotopic (exact) mass is 580 g/mol. The van der Waals surface area contributed by atoms with E-state index in [1.54, 1.807) is 7.11 Å². The third kappa shape index (κ3) is 11.3. The Kier molecular flexibility index (Phi) is 19.2. The third-order valence-electron chi connectivity index (χ3n) is 5.91. The van der Waals surface area contributed by atoms with Crippen molar-refractivity contribution in [3.05, 3.63) is 77.5 Å². The molecule has 42 heavy (non-hydrogen) atoms. The van der Waals surface area contributed by atoms with Gasteiger partial charge < -0.3 is 4.74 Å². The van der Waals surface area contributed by atoms with Crippen molar-refractivity contribution in [2.45, 2.75) is 102 Å². The van der Waals surface area contributed by atoms with Gasteiger partial charge in [0.15, 0.2) is 11.6 Å². The van der Waals surface area contributed by atoms with Crippen LogP contribution in [0, 0.1) is 25.6 Å². The molecule has 0 aliphatic rings. The molecule has 0 saturated carbocycles. The predicted octanol–water partition coefficient (Wildman–Crippen LogP) is 9.36. The van der Waals surface area contributed by atoms with E-state index in [1.165, 1.54) is 18.8 Å². The highest BCUT2D eigenvalue weighted by atomic mass is 19.1. The van der Waals surface area contributed by atoms with Crippen LogP contribution in [-0.2, 0) is 6.42 Å². The topological polar surface area (TPSA) is 78.6 Å². The number of hydrogen-bond donors (Lipinski definition) is 0. The second-order valence-electron chi connectivity index (χ2n) is 9.40. The highest BCUT2D eigenvalue weighted by molar-refractivity contribution is 5.60. The van der Waals surface area contributed by atoms with Crippen LogP contribution in [0.5, 0.6) is 5.75 Å². The number of pyridine rings is 1. The number of nitrogens with zero attached hydrogens (tertiary/aromatic N) is 6. The number of halogens is 1. The molecule has 3 heterocycles. The number of hydrogen-bond acceptors (Lipinski definition) is 6. The minimum absolute atomic E-state index is 0.283. The van der Waals surface area contributed by atoms with Gasteiger partial charge in [-0.25, -0.2) is 19.3 Å². The molecule has 232 valence electrons. The van der Waals surface area contributed by atoms with Crippen LogP contribution in [-0.4, -0.2) is 36.8 Å². The zero-order chi connectivity index (χ0) is 32.2. The number of rotatable bonds is 6. The van der Waals surface area contributed by atoms with E-state index in [0.29, 0.717) is 11.7 Å². The van der Waals surface area contributed by atoms with Crippen molar-refractivity contribution in [3.8, 4) is 23.0 Å². The molecule has 0 aliphatic carbocycles. The zero-order valence-electron chi connectivity index (χ0n) is 28.2. The maximum absolute atomic E-state index is 12.4. The van der Waals surface area contributed by atoms with Crippen molar-refractivity contribution >= 4 is 0 Å². The van der Waals surface area contributed by atoms with Crippen molar-refractivity contribution in [2.24, 2.45) is 5.92 Å². The Labute approximate surface area is 254 Å². The first-order chi connectivity index (χ1) is 20.2. The molecule has 0 spiro atoms. The largest absolute Gasteiger partial charge is 0.495 e. The lowest BCUT2D eigenvalue weighted by Gasteiger charge is -2.15. The Hall–Kier alpha value is -3.68. The van der Waals surface area contributed by atoms with Crippen molar-refractivity contribution in [1.29, 1.82) is 0 Å². The summed E-state index contributed by atoms with van der Waals surface area (Å²) in [6.45, 7) is 24.6. The molecule has 0 saturated heterocycles. The molecule has 0 fully saturated rings. The lowest BCUT2D eigenvalue weighted by Crippen LogP contribution is -2.06. The maximum Gasteiger partial charge on any atom is 0.187 e. The van der Waals surface area contributed by atoms with Gasteiger partial charge in [-0.3, -0.25) is 4.57 Å². The average Bonchev–Trinajstić information content (AvgIpc) is 3.40. The van der Waals surface area contributed by atoms with Crippen LogP contribution in [0.1, 0.15) is 104 Å². The fourth-order valence-electron chi connectivity index (χ4n) is 3.54. The van der Waals surface area contributed by atoms with Crippen molar-refractivity contribution in [1.82, 2.24) is 29.7 Å². The fourth-order valence-corrected chi connectivity index (χ4v) is 3.54. The summed E-state index contributed by atoms with van der Waals surface area (Å²) in [5.74, 6) is 3.42. The summed E-state index contributed by atoms with van der Waals surface area (Å²) in [7, 11) is 1.67. The first-order valence-corrected chi connectivity index (χ1v) is 15.2. The lowest BCUT2D eigenvalue weighted by molar-refractivity contribution is 0.412. The molecule has 7 nitrogen and oxygen atoms in total. The molecule has 0 unspecified atom stereocenters. The molecule has 0 N–H and O–H groups in total. The Morgan fingerprint density at radius 3 is 1.95 bits per heavy atom. The predicted molar refractivity (Wildman–Crippen MR) is 174 cm³/mol. The molecular formula is C34H53FN6O. The van der Waals surface area contributed by atoms with Gasteiger partial charge in [0, 0.05) is 11.6 Å². The average molecular weight is 581 g/mol. The van der Waals surface area contributed by atoms with Gasteiger partial charge in [-0.05, 0) is 49.9 Å². The van der Waals surface area contributed by atoms with Crippen LogP contribution in [0.15, 0.2) is 48.8 Å². The van der Waals surface area contributed by atoms with Crippen LogP contribution in [0.25, 0.3) is 17.2 Å². The summed E-state index contributed by atoms with van der Waals surface area (Å²) >= 11 is 0. The first-order valence-electron chi connectivity index (χ1n) is 15.2. The quantitative estimate of drug-likeness (QED) is 0.226. The number of aryl methyl sites for hydroxylation is 3. The summed E-state index contributed by atoms with van der Waals surface area (Å²) in [6.07, 6.45) is 4.55. The van der Waals surface area contributed by atoms with E-state index in [1.807, 2.05) is 76.4 Å². The van der Waals surface area contributed by atoms with Gasteiger partial charge in [-0.2, -0.15) is 0 Å². The summed E-state index contributed by atoms with van der Waals surface area (Å²) in [4.78, 5) is 12.5. The second kappa shape index (κ2) is 21.1. The molecule has 8 heteroatoms. The van der Waals surface area contributed by atoms with Crippen molar-refractivity contribution in [2.75, 3.05) is 7.11 Å². The Morgan fingerprint density at radius 1 is 0.857 bits per heavy atom. The van der Waals surface area contributed by atoms with E-state index in [2.05, 4.69) is 72.8 Å². The van der Waals surface area contributed by atoms with Gasteiger partial charge in [0.1, 0.15) is 23.1 Å². The van der Waals surface area contributed by atoms with E-state index in [4.69, 9.17) is 4.74 Å². The smallest absolute Gasteiger partial charge is 0.187 e. The molecule has 4 aromatic rings. The van der Waals surface area contributed by atoms with Crippen molar-refractivity contribution in [3.63, 3.8) is 0 Å². The first kappa shape index (κ1) is 38.3. The van der Waals surface area contributed by atoms with E-state index in [-0.39, 0.29) is 11.7 Å². The molecule has 1 aromatic carbocycles. The highest BCUT2D eigenvalue weighted by Crippen LogP contribution is 2.31. The van der Waals surface area contributed by atoms with Crippen LogP contribution < -0.4 is 4.74 Å². The Balaban J connectivity index is 0.000000745. The van der Waals surface area contributed by atoms with E-state index < -0.39 is 0 Å². The summed E-state index contributed by atoms with van der Waals surface area (Å²) in [6, 6.07) is 12.0. The molecule has 0 aliphatic heterocycles. The molecule has 0 radical (unpaired) electrons. The fraction of sp³-hybridized carbons (Fsp3) is 0.500. The molecular weight excluding hydrogens is 527 g/mol. The Bertz CT molecular complexity index is 1270. The second-order valence-corrected chi connectivity index (χ2v) is 9.40. The van der Waals surface area contributed by atoms with Gasteiger partial charge in [0.2, 0.25) is 0 Å². The zero-order valence-corrected chi connectivity index (χ0v) is 28.2. The molecule has 0 bridgehead atoms. The van der Waals surface area contributed by atoms with E-state index in [9.17, 15) is 4.39 Å². The highest BCUT2D eigenvalue weighted by Gasteiger charge is 2.19. The van der Waals surface area contributed by atoms with Gasteiger partial charge in [0.25, 0.3) is 0 Å². The van der Waals surface area contributed by atoms with Crippen LogP contribution in [0.4, 0.5) is 4.39 Å². The van der Waals surface area contributed by atoms with Crippen LogP contribution >= 0.6 is 0 Å². The third-order valence-corrected chi connectivity index (χ3v) is 5.91. The number of methoxy groups -OCH3 is 1.